The Morgan fingerprint density at radius 2 is 2.21 bits per heavy atom. The summed E-state index contributed by atoms with van der Waals surface area (Å²) in [4.78, 5) is 17.6. The van der Waals surface area contributed by atoms with Gasteiger partial charge in [0.15, 0.2) is 0 Å². The Bertz CT molecular complexity index is 1020. The monoisotopic (exact) mass is 413 g/mol. The Labute approximate surface area is 174 Å². The Kier molecular flexibility index (Phi) is 6.02. The van der Waals surface area contributed by atoms with Gasteiger partial charge in [-0.3, -0.25) is 10.1 Å². The van der Waals surface area contributed by atoms with Crippen molar-refractivity contribution < 1.29 is 14.3 Å². The number of aromatic nitrogens is 2. The zero-order valence-electron chi connectivity index (χ0n) is 16.4. The highest BCUT2D eigenvalue weighted by atomic mass is 35.5. The summed E-state index contributed by atoms with van der Waals surface area (Å²) in [5, 5.41) is 3.66. The van der Waals surface area contributed by atoms with Crippen LogP contribution in [-0.4, -0.2) is 35.3 Å². The lowest BCUT2D eigenvalue weighted by atomic mass is 9.96. The molecule has 29 heavy (non-hydrogen) atoms. The zero-order chi connectivity index (χ0) is 20.2. The van der Waals surface area contributed by atoms with E-state index < -0.39 is 0 Å². The van der Waals surface area contributed by atoms with Gasteiger partial charge in [-0.25, -0.2) is 4.98 Å². The van der Waals surface area contributed by atoms with Crippen LogP contribution in [0.2, 0.25) is 5.02 Å². The van der Waals surface area contributed by atoms with Gasteiger partial charge >= 0.3 is 0 Å². The highest BCUT2D eigenvalue weighted by Gasteiger charge is 2.27. The fraction of sp³-hybridized carbons (Fsp3) is 0.364. The number of hydrogen-bond donors (Lipinski definition) is 1. The average Bonchev–Trinajstić information content (AvgIpc) is 3.07. The molecule has 6 nitrogen and oxygen atoms in total. The Morgan fingerprint density at radius 1 is 1.34 bits per heavy atom. The third-order valence-corrected chi connectivity index (χ3v) is 5.30. The molecule has 3 aromatic rings. The fourth-order valence-corrected chi connectivity index (χ4v) is 3.80. The van der Waals surface area contributed by atoms with E-state index in [9.17, 15) is 4.79 Å². The van der Waals surface area contributed by atoms with Crippen molar-refractivity contribution in [2.75, 3.05) is 25.1 Å². The number of rotatable bonds is 7. The topological polar surface area (TPSA) is 65.4 Å². The molecular formula is C22H24ClN3O3. The van der Waals surface area contributed by atoms with E-state index in [1.165, 1.54) is 0 Å². The summed E-state index contributed by atoms with van der Waals surface area (Å²) >= 11 is 6.09. The minimum absolute atomic E-state index is 0.100. The van der Waals surface area contributed by atoms with Gasteiger partial charge in [-0.05, 0) is 55.7 Å². The first-order chi connectivity index (χ1) is 14.2. The number of para-hydroxylation sites is 2. The van der Waals surface area contributed by atoms with Crippen LogP contribution in [0.3, 0.4) is 0 Å². The number of carbonyl (C=O) groups excluding carboxylic acids is 1. The number of amides is 1. The van der Waals surface area contributed by atoms with Crippen molar-refractivity contribution in [3.63, 3.8) is 0 Å². The summed E-state index contributed by atoms with van der Waals surface area (Å²) in [5.41, 5.74) is 2.81. The molecule has 1 N–H and O–H groups in total. The molecule has 2 aromatic carbocycles. The van der Waals surface area contributed by atoms with Gasteiger partial charge < -0.3 is 14.0 Å². The smallest absolute Gasteiger partial charge is 0.233 e. The zero-order valence-corrected chi connectivity index (χ0v) is 17.1. The lowest BCUT2D eigenvalue weighted by Crippen LogP contribution is -2.33. The van der Waals surface area contributed by atoms with E-state index in [0.29, 0.717) is 37.2 Å². The molecule has 152 valence electrons. The summed E-state index contributed by atoms with van der Waals surface area (Å²) in [5.74, 6) is 0.959. The fourth-order valence-electron chi connectivity index (χ4n) is 3.61. The van der Waals surface area contributed by atoms with Gasteiger partial charge in [-0.15, -0.1) is 0 Å². The second-order valence-corrected chi connectivity index (χ2v) is 7.52. The number of ether oxygens (including phenoxy) is 2. The first-order valence-corrected chi connectivity index (χ1v) is 10.3. The van der Waals surface area contributed by atoms with Crippen LogP contribution >= 0.6 is 11.6 Å². The molecule has 1 amide bonds. The van der Waals surface area contributed by atoms with Crippen molar-refractivity contribution in [3.8, 4) is 5.75 Å². The van der Waals surface area contributed by atoms with Gasteiger partial charge in [0.2, 0.25) is 11.9 Å². The number of halogens is 1. The highest BCUT2D eigenvalue weighted by Crippen LogP contribution is 2.30. The van der Waals surface area contributed by atoms with Crippen LogP contribution in [0, 0.1) is 5.92 Å². The Morgan fingerprint density at radius 3 is 3.07 bits per heavy atom. The molecule has 7 heteroatoms. The lowest BCUT2D eigenvalue weighted by molar-refractivity contribution is -0.121. The van der Waals surface area contributed by atoms with Crippen LogP contribution < -0.4 is 10.1 Å². The van der Waals surface area contributed by atoms with Crippen molar-refractivity contribution in [1.82, 2.24) is 9.55 Å². The quantitative estimate of drug-likeness (QED) is 0.586. The van der Waals surface area contributed by atoms with Gasteiger partial charge in [-0.1, -0.05) is 23.7 Å². The number of benzene rings is 2. The molecule has 1 atom stereocenters. The van der Waals surface area contributed by atoms with Gasteiger partial charge in [0.05, 0.1) is 17.0 Å². The van der Waals surface area contributed by atoms with Crippen molar-refractivity contribution >= 4 is 34.5 Å². The van der Waals surface area contributed by atoms with Crippen LogP contribution in [0.4, 0.5) is 5.95 Å². The van der Waals surface area contributed by atoms with E-state index in [-0.39, 0.29) is 11.8 Å². The Balaban J connectivity index is 1.52. The molecule has 1 unspecified atom stereocenters. The molecule has 2 heterocycles. The van der Waals surface area contributed by atoms with E-state index in [1.54, 1.807) is 6.07 Å². The van der Waals surface area contributed by atoms with E-state index in [4.69, 9.17) is 21.1 Å². The maximum Gasteiger partial charge on any atom is 0.233 e. The molecule has 0 saturated carbocycles. The number of nitrogens with zero attached hydrogens (tertiary/aromatic N) is 2. The summed E-state index contributed by atoms with van der Waals surface area (Å²) in [6, 6.07) is 13.4. The van der Waals surface area contributed by atoms with Gasteiger partial charge in [0, 0.05) is 24.8 Å². The van der Waals surface area contributed by atoms with Crippen LogP contribution in [0.25, 0.3) is 11.0 Å². The average molecular weight is 414 g/mol. The molecule has 0 spiro atoms. The molecule has 0 bridgehead atoms. The predicted molar refractivity (Wildman–Crippen MR) is 114 cm³/mol. The second-order valence-electron chi connectivity index (χ2n) is 7.08. The maximum atomic E-state index is 13.0. The van der Waals surface area contributed by atoms with Crippen LogP contribution in [0.1, 0.15) is 18.9 Å². The molecule has 1 aliphatic rings. The van der Waals surface area contributed by atoms with Gasteiger partial charge in [0.25, 0.3) is 0 Å². The maximum absolute atomic E-state index is 13.0. The van der Waals surface area contributed by atoms with Crippen molar-refractivity contribution in [3.05, 3.63) is 53.1 Å². The summed E-state index contributed by atoms with van der Waals surface area (Å²) in [6.07, 6.45) is 1.43. The largest absolute Gasteiger partial charge is 0.492 e. The van der Waals surface area contributed by atoms with Crippen molar-refractivity contribution in [1.29, 1.82) is 0 Å². The van der Waals surface area contributed by atoms with Gasteiger partial charge in [0.1, 0.15) is 12.4 Å². The standard InChI is InChI=1S/C22H24ClN3O3/c1-2-28-11-5-10-26-19-7-4-3-6-18(19)24-22(26)25-21(27)16-12-15-13-17(23)8-9-20(15)29-14-16/h3-4,6-9,13,16H,2,5,10-12,14H2,1H3,(H,24,25,27). The lowest BCUT2D eigenvalue weighted by Gasteiger charge is -2.24. The minimum atomic E-state index is -0.294. The number of hydrogen-bond acceptors (Lipinski definition) is 4. The molecule has 0 radical (unpaired) electrons. The van der Waals surface area contributed by atoms with Crippen molar-refractivity contribution in [2.45, 2.75) is 26.3 Å². The van der Waals surface area contributed by atoms with E-state index in [0.717, 1.165) is 35.3 Å². The molecule has 4 rings (SSSR count). The van der Waals surface area contributed by atoms with Crippen LogP contribution in [0.5, 0.6) is 5.75 Å². The SMILES string of the molecule is CCOCCCn1c(NC(=O)C2COc3ccc(Cl)cc3C2)nc2ccccc21. The first kappa shape index (κ1) is 19.7. The predicted octanol–water partition coefficient (Wildman–Crippen LogP) is 4.31. The van der Waals surface area contributed by atoms with E-state index in [1.807, 2.05) is 47.9 Å². The van der Waals surface area contributed by atoms with Crippen LogP contribution in [0.15, 0.2) is 42.5 Å². The van der Waals surface area contributed by atoms with E-state index in [2.05, 4.69) is 10.3 Å². The number of anilines is 1. The van der Waals surface area contributed by atoms with Crippen molar-refractivity contribution in [2.24, 2.45) is 5.92 Å². The third-order valence-electron chi connectivity index (χ3n) is 5.06. The number of aryl methyl sites for hydroxylation is 1. The summed E-state index contributed by atoms with van der Waals surface area (Å²) in [6.45, 7) is 4.41. The Hall–Kier alpha value is -2.57. The number of nitrogens with one attached hydrogen (secondary N) is 1. The number of carbonyl (C=O) groups is 1. The molecular weight excluding hydrogens is 390 g/mol. The van der Waals surface area contributed by atoms with Crippen LogP contribution in [-0.2, 0) is 22.5 Å². The summed E-state index contributed by atoms with van der Waals surface area (Å²) in [7, 11) is 0. The molecule has 0 fully saturated rings. The molecule has 0 saturated heterocycles. The number of imidazole rings is 1. The third kappa shape index (κ3) is 4.38. The summed E-state index contributed by atoms with van der Waals surface area (Å²) < 4.78 is 13.3. The molecule has 0 aliphatic carbocycles. The van der Waals surface area contributed by atoms with E-state index >= 15 is 0 Å². The molecule has 1 aromatic heterocycles. The number of fused-ring (bicyclic) bond motifs is 2. The second kappa shape index (κ2) is 8.84. The minimum Gasteiger partial charge on any atom is -0.492 e. The normalized spacial score (nSPS) is 15.7. The van der Waals surface area contributed by atoms with Gasteiger partial charge in [-0.2, -0.15) is 0 Å². The highest BCUT2D eigenvalue weighted by molar-refractivity contribution is 6.30. The molecule has 1 aliphatic heterocycles. The first-order valence-electron chi connectivity index (χ1n) is 9.91.